The maximum atomic E-state index is 12.9. The van der Waals surface area contributed by atoms with Crippen molar-refractivity contribution in [2.75, 3.05) is 42.8 Å². The molecule has 2 aliphatic heterocycles. The van der Waals surface area contributed by atoms with Gasteiger partial charge in [0.15, 0.2) is 9.84 Å². The summed E-state index contributed by atoms with van der Waals surface area (Å²) in [6.07, 6.45) is 5.56. The molecule has 1 aromatic carbocycles. The number of fused-ring (bicyclic) bond motifs is 3. The Morgan fingerprint density at radius 2 is 2.00 bits per heavy atom. The first kappa shape index (κ1) is 26.1. The summed E-state index contributed by atoms with van der Waals surface area (Å²) in [6, 6.07) is 12.6. The van der Waals surface area contributed by atoms with Crippen molar-refractivity contribution in [3.8, 4) is 0 Å². The Hall–Kier alpha value is -4.09. The van der Waals surface area contributed by atoms with E-state index in [0.29, 0.717) is 11.3 Å². The Bertz CT molecular complexity index is 1720. The zero-order valence-corrected chi connectivity index (χ0v) is 23.2. The van der Waals surface area contributed by atoms with Crippen LogP contribution < -0.4 is 15.1 Å². The first-order valence-corrected chi connectivity index (χ1v) is 14.9. The fourth-order valence-electron chi connectivity index (χ4n) is 5.24. The van der Waals surface area contributed by atoms with E-state index in [1.54, 1.807) is 18.3 Å². The molecular weight excluding hydrogens is 528 g/mol. The molecule has 40 heavy (non-hydrogen) atoms. The second kappa shape index (κ2) is 10.5. The number of hydrogen-bond acceptors (Lipinski definition) is 9. The van der Waals surface area contributed by atoms with Crippen molar-refractivity contribution in [3.63, 3.8) is 0 Å². The van der Waals surface area contributed by atoms with Crippen LogP contribution in [0.2, 0.25) is 0 Å². The van der Waals surface area contributed by atoms with Gasteiger partial charge in [-0.3, -0.25) is 9.78 Å². The van der Waals surface area contributed by atoms with E-state index in [9.17, 15) is 13.2 Å². The Morgan fingerprint density at radius 3 is 2.85 bits per heavy atom. The van der Waals surface area contributed by atoms with Crippen LogP contribution in [-0.2, 0) is 34.1 Å². The minimum absolute atomic E-state index is 0.100. The SMILES string of the molecule is CN(C)c1ccnc2c1CCCN2c1ccc2cnc(CNC(=O)c3ccc4c(c3)S(=O)(=O)CCOC4)cc2n1. The number of benzene rings is 1. The third kappa shape index (κ3) is 4.98. The number of pyridine rings is 3. The molecule has 0 atom stereocenters. The number of nitrogens with zero attached hydrogens (tertiary/aromatic N) is 5. The molecule has 0 bridgehead atoms. The first-order valence-electron chi connectivity index (χ1n) is 13.2. The summed E-state index contributed by atoms with van der Waals surface area (Å²) in [6.45, 7) is 1.35. The van der Waals surface area contributed by atoms with Gasteiger partial charge in [0.1, 0.15) is 11.6 Å². The molecule has 10 nitrogen and oxygen atoms in total. The summed E-state index contributed by atoms with van der Waals surface area (Å²) in [5.74, 6) is 1.27. The topological polar surface area (TPSA) is 118 Å². The van der Waals surface area contributed by atoms with Crippen LogP contribution in [-0.4, -0.2) is 62.3 Å². The molecule has 1 N–H and O–H groups in total. The van der Waals surface area contributed by atoms with Crippen molar-refractivity contribution in [1.29, 1.82) is 0 Å². The summed E-state index contributed by atoms with van der Waals surface area (Å²) in [4.78, 5) is 31.5. The van der Waals surface area contributed by atoms with Gasteiger partial charge >= 0.3 is 0 Å². The Morgan fingerprint density at radius 1 is 1.12 bits per heavy atom. The molecular formula is C29H30N6O4S. The first-order chi connectivity index (χ1) is 19.3. The largest absolute Gasteiger partial charge is 0.377 e. The van der Waals surface area contributed by atoms with Crippen LogP contribution in [0.3, 0.4) is 0 Å². The normalized spacial score (nSPS) is 16.1. The van der Waals surface area contributed by atoms with E-state index in [-0.39, 0.29) is 41.9 Å². The number of ether oxygens (including phenoxy) is 1. The number of aromatic nitrogens is 3. The van der Waals surface area contributed by atoms with E-state index in [4.69, 9.17) is 14.7 Å². The molecule has 0 saturated heterocycles. The predicted molar refractivity (Wildman–Crippen MR) is 153 cm³/mol. The van der Waals surface area contributed by atoms with E-state index in [0.717, 1.165) is 47.6 Å². The van der Waals surface area contributed by atoms with Gasteiger partial charge in [0.2, 0.25) is 0 Å². The van der Waals surface area contributed by atoms with Crippen molar-refractivity contribution >= 4 is 44.0 Å². The quantitative estimate of drug-likeness (QED) is 0.393. The fraction of sp³-hybridized carbons (Fsp3) is 0.310. The van der Waals surface area contributed by atoms with E-state index >= 15 is 0 Å². The van der Waals surface area contributed by atoms with Crippen LogP contribution >= 0.6 is 0 Å². The maximum absolute atomic E-state index is 12.9. The fourth-order valence-corrected chi connectivity index (χ4v) is 6.63. The summed E-state index contributed by atoms with van der Waals surface area (Å²) in [5.41, 5.74) is 4.64. The van der Waals surface area contributed by atoms with Crippen molar-refractivity contribution in [1.82, 2.24) is 20.3 Å². The van der Waals surface area contributed by atoms with Crippen LogP contribution in [0, 0.1) is 0 Å². The van der Waals surface area contributed by atoms with Gasteiger partial charge in [-0.05, 0) is 54.8 Å². The Balaban J connectivity index is 1.23. The van der Waals surface area contributed by atoms with Crippen molar-refractivity contribution < 1.29 is 17.9 Å². The lowest BCUT2D eigenvalue weighted by Gasteiger charge is -2.31. The number of hydrogen-bond donors (Lipinski definition) is 1. The standard InChI is InChI=1S/C29H30N6O4S/c1-34(2)25-9-10-30-28-23(25)4-3-11-35(28)27-8-7-20-16-31-22(15-24(20)33-27)17-32-29(36)19-5-6-21-18-39-12-13-40(37,38)26(21)14-19/h5-10,14-16H,3-4,11-13,17-18H2,1-2H3,(H,32,36). The zero-order chi connectivity index (χ0) is 27.9. The highest BCUT2D eigenvalue weighted by Crippen LogP contribution is 2.36. The molecule has 0 radical (unpaired) electrons. The zero-order valence-electron chi connectivity index (χ0n) is 22.4. The molecule has 4 aromatic rings. The molecule has 0 fully saturated rings. The molecule has 0 spiro atoms. The van der Waals surface area contributed by atoms with Gasteiger partial charge in [0, 0.05) is 55.2 Å². The number of sulfone groups is 1. The summed E-state index contributed by atoms with van der Waals surface area (Å²) in [7, 11) is 0.582. The molecule has 1 amide bonds. The van der Waals surface area contributed by atoms with Gasteiger partial charge in [-0.1, -0.05) is 6.07 Å². The van der Waals surface area contributed by atoms with Gasteiger partial charge in [-0.2, -0.15) is 0 Å². The number of nitrogens with one attached hydrogen (secondary N) is 1. The number of carbonyl (C=O) groups is 1. The van der Waals surface area contributed by atoms with Gasteiger partial charge < -0.3 is 19.9 Å². The van der Waals surface area contributed by atoms with Crippen molar-refractivity contribution in [2.45, 2.75) is 30.9 Å². The minimum Gasteiger partial charge on any atom is -0.377 e. The second-order valence-corrected chi connectivity index (χ2v) is 12.3. The molecule has 11 heteroatoms. The Kier molecular flexibility index (Phi) is 6.85. The highest BCUT2D eigenvalue weighted by molar-refractivity contribution is 7.91. The smallest absolute Gasteiger partial charge is 0.251 e. The Labute approximate surface area is 232 Å². The monoisotopic (exact) mass is 558 g/mol. The summed E-state index contributed by atoms with van der Waals surface area (Å²) < 4.78 is 30.6. The van der Waals surface area contributed by atoms with Gasteiger partial charge in [-0.15, -0.1) is 0 Å². The van der Waals surface area contributed by atoms with Gasteiger partial charge in [0.25, 0.3) is 5.91 Å². The number of carbonyl (C=O) groups excluding carboxylic acids is 1. The van der Waals surface area contributed by atoms with Gasteiger partial charge in [-0.25, -0.2) is 18.4 Å². The second-order valence-electron chi connectivity index (χ2n) is 10.2. The summed E-state index contributed by atoms with van der Waals surface area (Å²) in [5, 5.41) is 3.75. The molecule has 0 unspecified atom stereocenters. The van der Waals surface area contributed by atoms with E-state index < -0.39 is 9.84 Å². The highest BCUT2D eigenvalue weighted by atomic mass is 32.2. The number of rotatable bonds is 5. The third-order valence-electron chi connectivity index (χ3n) is 7.29. The van der Waals surface area contributed by atoms with E-state index in [1.807, 2.05) is 44.6 Å². The lowest BCUT2D eigenvalue weighted by molar-refractivity contribution is 0.0950. The van der Waals surface area contributed by atoms with Gasteiger partial charge in [0.05, 0.1) is 41.6 Å². The molecule has 206 valence electrons. The molecule has 0 saturated carbocycles. The maximum Gasteiger partial charge on any atom is 0.251 e. The van der Waals surface area contributed by atoms with Crippen LogP contribution in [0.15, 0.2) is 59.8 Å². The molecule has 6 rings (SSSR count). The number of anilines is 3. The van der Waals surface area contributed by atoms with Crippen LogP contribution in [0.4, 0.5) is 17.3 Å². The van der Waals surface area contributed by atoms with Crippen LogP contribution in [0.5, 0.6) is 0 Å². The molecule has 5 heterocycles. The van der Waals surface area contributed by atoms with E-state index in [1.165, 1.54) is 11.6 Å². The lowest BCUT2D eigenvalue weighted by Crippen LogP contribution is -2.28. The molecule has 2 aliphatic rings. The van der Waals surface area contributed by atoms with E-state index in [2.05, 4.69) is 20.1 Å². The van der Waals surface area contributed by atoms with Crippen LogP contribution in [0.1, 0.15) is 33.6 Å². The predicted octanol–water partition coefficient (Wildman–Crippen LogP) is 3.41. The molecule has 3 aromatic heterocycles. The molecule has 0 aliphatic carbocycles. The highest BCUT2D eigenvalue weighted by Gasteiger charge is 2.25. The summed E-state index contributed by atoms with van der Waals surface area (Å²) >= 11 is 0. The van der Waals surface area contributed by atoms with Crippen molar-refractivity contribution in [2.24, 2.45) is 0 Å². The minimum atomic E-state index is -3.50. The average Bonchev–Trinajstić information content (AvgIpc) is 3.11. The number of amides is 1. The average molecular weight is 559 g/mol. The third-order valence-corrected chi connectivity index (χ3v) is 9.05. The van der Waals surface area contributed by atoms with Crippen LogP contribution in [0.25, 0.3) is 10.9 Å². The van der Waals surface area contributed by atoms with Crippen molar-refractivity contribution in [3.05, 3.63) is 77.2 Å². The lowest BCUT2D eigenvalue weighted by atomic mass is 10.0.